The molecule has 0 aromatic heterocycles. The molecule has 3 fully saturated rings. The molecule has 0 radical (unpaired) electrons. The van der Waals surface area contributed by atoms with Crippen LogP contribution in [0, 0.1) is 17.3 Å². The normalized spacial score (nSPS) is 26.8. The maximum Gasteiger partial charge on any atom is 0.191 e. The zero-order valence-electron chi connectivity index (χ0n) is 15.8. The highest BCUT2D eigenvalue weighted by molar-refractivity contribution is 14.0. The minimum Gasteiger partial charge on any atom is -0.356 e. The Kier molecular flexibility index (Phi) is 7.65. The minimum absolute atomic E-state index is 0. The Hall–Kier alpha value is -0.0400. The van der Waals surface area contributed by atoms with Crippen LogP contribution < -0.4 is 10.6 Å². The molecule has 4 nitrogen and oxygen atoms in total. The van der Waals surface area contributed by atoms with Crippen LogP contribution in [0.25, 0.3) is 0 Å². The van der Waals surface area contributed by atoms with Gasteiger partial charge in [-0.15, -0.1) is 24.0 Å². The highest BCUT2D eigenvalue weighted by atomic mass is 127. The lowest BCUT2D eigenvalue weighted by Gasteiger charge is -2.43. The van der Waals surface area contributed by atoms with Crippen molar-refractivity contribution in [2.24, 2.45) is 22.2 Å². The number of likely N-dealkylation sites (tertiary alicyclic amines) is 1. The van der Waals surface area contributed by atoms with Gasteiger partial charge in [0.15, 0.2) is 5.96 Å². The van der Waals surface area contributed by atoms with Crippen molar-refractivity contribution in [3.05, 3.63) is 0 Å². The Bertz CT molecular complexity index is 416. The van der Waals surface area contributed by atoms with Crippen molar-refractivity contribution >= 4 is 29.9 Å². The zero-order valence-corrected chi connectivity index (χ0v) is 18.1. The molecule has 1 saturated heterocycles. The second kappa shape index (κ2) is 9.06. The fourth-order valence-corrected chi connectivity index (χ4v) is 4.53. The minimum atomic E-state index is 0. The Morgan fingerprint density at radius 3 is 2.50 bits per heavy atom. The summed E-state index contributed by atoms with van der Waals surface area (Å²) in [7, 11) is 1.90. The molecule has 0 aromatic rings. The van der Waals surface area contributed by atoms with Gasteiger partial charge in [-0.3, -0.25) is 4.99 Å². The number of rotatable bonds is 7. The molecule has 2 aliphatic carbocycles. The molecule has 1 heterocycles. The monoisotopic (exact) mass is 448 g/mol. The van der Waals surface area contributed by atoms with Crippen molar-refractivity contribution in [3.63, 3.8) is 0 Å². The molecular formula is C19H37IN4. The molecular weight excluding hydrogens is 411 g/mol. The van der Waals surface area contributed by atoms with Gasteiger partial charge in [0.25, 0.3) is 0 Å². The number of halogens is 1. The second-order valence-electron chi connectivity index (χ2n) is 8.64. The number of guanidine groups is 1. The molecule has 0 aromatic carbocycles. The molecule has 5 heteroatoms. The zero-order chi connectivity index (χ0) is 16.3. The smallest absolute Gasteiger partial charge is 0.191 e. The van der Waals surface area contributed by atoms with Crippen LogP contribution >= 0.6 is 24.0 Å². The summed E-state index contributed by atoms with van der Waals surface area (Å²) in [5.41, 5.74) is 0.530. The summed E-state index contributed by atoms with van der Waals surface area (Å²) < 4.78 is 0. The van der Waals surface area contributed by atoms with Crippen LogP contribution in [-0.2, 0) is 0 Å². The van der Waals surface area contributed by atoms with Gasteiger partial charge >= 0.3 is 0 Å². The van der Waals surface area contributed by atoms with Gasteiger partial charge in [0.05, 0.1) is 0 Å². The molecule has 0 amide bonds. The second-order valence-corrected chi connectivity index (χ2v) is 8.64. The molecule has 2 saturated carbocycles. The highest BCUT2D eigenvalue weighted by Gasteiger charge is 2.37. The Balaban J connectivity index is 0.00000208. The molecule has 0 bridgehead atoms. The quantitative estimate of drug-likeness (QED) is 0.356. The van der Waals surface area contributed by atoms with E-state index in [4.69, 9.17) is 0 Å². The summed E-state index contributed by atoms with van der Waals surface area (Å²) in [6, 6.07) is 0.923. The molecule has 1 atom stereocenters. The van der Waals surface area contributed by atoms with E-state index in [0.29, 0.717) is 5.41 Å². The van der Waals surface area contributed by atoms with Gasteiger partial charge in [-0.05, 0) is 62.3 Å². The SMILES string of the molecule is CN=C(NCC1CCN(C2CC2)C1)NCC1(CC(C)C)CCC1.I. The van der Waals surface area contributed by atoms with Gasteiger partial charge in [-0.2, -0.15) is 0 Å². The van der Waals surface area contributed by atoms with Gasteiger partial charge in [-0.1, -0.05) is 20.3 Å². The van der Waals surface area contributed by atoms with E-state index in [9.17, 15) is 0 Å². The number of nitrogens with zero attached hydrogens (tertiary/aromatic N) is 2. The van der Waals surface area contributed by atoms with E-state index in [2.05, 4.69) is 34.4 Å². The lowest BCUT2D eigenvalue weighted by molar-refractivity contribution is 0.104. The van der Waals surface area contributed by atoms with Crippen LogP contribution in [0.15, 0.2) is 4.99 Å². The van der Waals surface area contributed by atoms with Crippen LogP contribution in [0.2, 0.25) is 0 Å². The van der Waals surface area contributed by atoms with E-state index in [-0.39, 0.29) is 24.0 Å². The topological polar surface area (TPSA) is 39.7 Å². The number of hydrogen-bond donors (Lipinski definition) is 2. The predicted octanol–water partition coefficient (Wildman–Crippen LogP) is 3.47. The van der Waals surface area contributed by atoms with Crippen LogP contribution in [0.1, 0.15) is 58.8 Å². The average molecular weight is 448 g/mol. The van der Waals surface area contributed by atoms with Crippen LogP contribution in [0.5, 0.6) is 0 Å². The number of aliphatic imine (C=N–C) groups is 1. The summed E-state index contributed by atoms with van der Waals surface area (Å²) in [4.78, 5) is 7.13. The summed E-state index contributed by atoms with van der Waals surface area (Å²) in [5.74, 6) is 2.59. The van der Waals surface area contributed by atoms with E-state index in [1.165, 1.54) is 58.0 Å². The Morgan fingerprint density at radius 1 is 1.21 bits per heavy atom. The van der Waals surface area contributed by atoms with Crippen molar-refractivity contribution in [2.45, 2.75) is 64.8 Å². The van der Waals surface area contributed by atoms with E-state index in [0.717, 1.165) is 36.9 Å². The predicted molar refractivity (Wildman–Crippen MR) is 113 cm³/mol. The van der Waals surface area contributed by atoms with E-state index < -0.39 is 0 Å². The Labute approximate surface area is 165 Å². The molecule has 3 rings (SSSR count). The maximum atomic E-state index is 4.44. The third-order valence-corrected chi connectivity index (χ3v) is 6.05. The third kappa shape index (κ3) is 5.48. The van der Waals surface area contributed by atoms with Gasteiger partial charge in [0, 0.05) is 32.7 Å². The lowest BCUT2D eigenvalue weighted by Crippen LogP contribution is -2.47. The molecule has 1 aliphatic heterocycles. The van der Waals surface area contributed by atoms with Gasteiger partial charge in [0.2, 0.25) is 0 Å². The molecule has 2 N–H and O–H groups in total. The highest BCUT2D eigenvalue weighted by Crippen LogP contribution is 2.45. The van der Waals surface area contributed by atoms with Gasteiger partial charge < -0.3 is 15.5 Å². The van der Waals surface area contributed by atoms with Crippen molar-refractivity contribution in [3.8, 4) is 0 Å². The fraction of sp³-hybridized carbons (Fsp3) is 0.947. The lowest BCUT2D eigenvalue weighted by atomic mass is 9.64. The van der Waals surface area contributed by atoms with Crippen LogP contribution in [-0.4, -0.2) is 50.1 Å². The van der Waals surface area contributed by atoms with Crippen LogP contribution in [0.3, 0.4) is 0 Å². The third-order valence-electron chi connectivity index (χ3n) is 6.05. The maximum absolute atomic E-state index is 4.44. The number of nitrogens with one attached hydrogen (secondary N) is 2. The summed E-state index contributed by atoms with van der Waals surface area (Å²) in [6.45, 7) is 9.44. The Morgan fingerprint density at radius 2 is 1.96 bits per heavy atom. The number of hydrogen-bond acceptors (Lipinski definition) is 2. The van der Waals surface area contributed by atoms with Crippen molar-refractivity contribution in [1.29, 1.82) is 0 Å². The van der Waals surface area contributed by atoms with E-state index in [1.807, 2.05) is 7.05 Å². The summed E-state index contributed by atoms with van der Waals surface area (Å²) >= 11 is 0. The first kappa shape index (κ1) is 20.3. The van der Waals surface area contributed by atoms with Crippen LogP contribution in [0.4, 0.5) is 0 Å². The standard InChI is InChI=1S/C19H36N4.HI/c1-15(2)11-19(8-4-9-19)14-22-18(20-3)21-12-16-7-10-23(13-16)17-5-6-17;/h15-17H,4-14H2,1-3H3,(H2,20,21,22);1H. The largest absolute Gasteiger partial charge is 0.356 e. The first-order valence-electron chi connectivity index (χ1n) is 9.79. The van der Waals surface area contributed by atoms with Crippen molar-refractivity contribution < 1.29 is 0 Å². The molecule has 3 aliphatic rings. The molecule has 140 valence electrons. The van der Waals surface area contributed by atoms with Crippen molar-refractivity contribution in [1.82, 2.24) is 15.5 Å². The summed E-state index contributed by atoms with van der Waals surface area (Å²) in [6.07, 6.45) is 9.72. The summed E-state index contributed by atoms with van der Waals surface area (Å²) in [5, 5.41) is 7.19. The van der Waals surface area contributed by atoms with E-state index >= 15 is 0 Å². The van der Waals surface area contributed by atoms with Gasteiger partial charge in [0.1, 0.15) is 0 Å². The first-order chi connectivity index (χ1) is 11.1. The average Bonchev–Trinajstić information content (AvgIpc) is 3.23. The molecule has 1 unspecified atom stereocenters. The fourth-order valence-electron chi connectivity index (χ4n) is 4.53. The van der Waals surface area contributed by atoms with E-state index in [1.54, 1.807) is 0 Å². The molecule has 24 heavy (non-hydrogen) atoms. The molecule has 0 spiro atoms. The van der Waals surface area contributed by atoms with Crippen molar-refractivity contribution in [2.75, 3.05) is 33.2 Å². The first-order valence-corrected chi connectivity index (χ1v) is 9.79. The van der Waals surface area contributed by atoms with Gasteiger partial charge in [-0.25, -0.2) is 0 Å².